The average molecular weight is 307 g/mol. The van der Waals surface area contributed by atoms with Gasteiger partial charge in [-0.2, -0.15) is 0 Å². The van der Waals surface area contributed by atoms with Crippen molar-refractivity contribution in [1.29, 1.82) is 0 Å². The number of nitrogens with zero attached hydrogens (tertiary/aromatic N) is 2. The van der Waals surface area contributed by atoms with Gasteiger partial charge in [0.25, 0.3) is 0 Å². The number of nitrogens with two attached hydrogens (primary N) is 1. The van der Waals surface area contributed by atoms with Gasteiger partial charge in [0.2, 0.25) is 5.91 Å². The first-order valence-corrected chi connectivity index (χ1v) is 6.51. The Morgan fingerprint density at radius 2 is 2.00 bits per heavy atom. The summed E-state index contributed by atoms with van der Waals surface area (Å²) in [7, 11) is 0. The number of aromatic nitrogens is 2. The lowest BCUT2D eigenvalue weighted by atomic mass is 10.1. The largest absolute Gasteiger partial charge is 0.349 e. The highest BCUT2D eigenvalue weighted by Gasteiger charge is 2.13. The minimum Gasteiger partial charge on any atom is -0.349 e. The van der Waals surface area contributed by atoms with E-state index < -0.39 is 6.04 Å². The van der Waals surface area contributed by atoms with E-state index in [9.17, 15) is 4.79 Å². The summed E-state index contributed by atoms with van der Waals surface area (Å²) >= 11 is 0. The number of benzene rings is 1. The summed E-state index contributed by atoms with van der Waals surface area (Å²) in [5, 5.41) is 2.79. The van der Waals surface area contributed by atoms with Crippen molar-refractivity contribution in [3.8, 4) is 0 Å². The smallest absolute Gasteiger partial charge is 0.237 e. The van der Waals surface area contributed by atoms with E-state index in [-0.39, 0.29) is 18.3 Å². The van der Waals surface area contributed by atoms with Crippen molar-refractivity contribution < 1.29 is 4.79 Å². The van der Waals surface area contributed by atoms with Crippen LogP contribution in [0, 0.1) is 6.92 Å². The highest BCUT2D eigenvalue weighted by Crippen LogP contribution is 2.02. The number of halogens is 1. The van der Waals surface area contributed by atoms with Crippen molar-refractivity contribution in [1.82, 2.24) is 15.3 Å². The summed E-state index contributed by atoms with van der Waals surface area (Å²) in [5.41, 5.74) is 7.72. The molecule has 0 aliphatic carbocycles. The zero-order valence-corrected chi connectivity index (χ0v) is 12.6. The maximum Gasteiger partial charge on any atom is 0.237 e. The Kier molecular flexibility index (Phi) is 6.78. The van der Waals surface area contributed by atoms with Crippen molar-refractivity contribution in [2.75, 3.05) is 0 Å². The molecule has 0 bridgehead atoms. The van der Waals surface area contributed by atoms with Gasteiger partial charge in [-0.3, -0.25) is 4.79 Å². The monoisotopic (exact) mass is 306 g/mol. The lowest BCUT2D eigenvalue weighted by molar-refractivity contribution is -0.122. The van der Waals surface area contributed by atoms with Crippen LogP contribution in [0.2, 0.25) is 0 Å². The molecule has 3 N–H and O–H groups in total. The van der Waals surface area contributed by atoms with Gasteiger partial charge in [-0.15, -0.1) is 12.4 Å². The van der Waals surface area contributed by atoms with Gasteiger partial charge in [0.05, 0.1) is 18.3 Å². The fraction of sp³-hybridized carbons (Fsp3) is 0.267. The van der Waals surface area contributed by atoms with Crippen LogP contribution < -0.4 is 11.1 Å². The Bertz CT molecular complexity index is 577. The van der Waals surface area contributed by atoms with E-state index in [0.717, 1.165) is 11.3 Å². The quantitative estimate of drug-likeness (QED) is 0.875. The molecule has 5 nitrogen and oxygen atoms in total. The number of hydrogen-bond acceptors (Lipinski definition) is 4. The second kappa shape index (κ2) is 8.34. The number of carbonyl (C=O) groups is 1. The van der Waals surface area contributed by atoms with E-state index in [1.165, 1.54) is 0 Å². The van der Waals surface area contributed by atoms with Gasteiger partial charge in [0, 0.05) is 6.20 Å². The van der Waals surface area contributed by atoms with E-state index in [1.54, 1.807) is 12.3 Å². The first kappa shape index (κ1) is 17.1. The molecule has 0 aliphatic rings. The summed E-state index contributed by atoms with van der Waals surface area (Å²) in [4.78, 5) is 20.2. The molecular weight excluding hydrogens is 288 g/mol. The van der Waals surface area contributed by atoms with Crippen LogP contribution in [0.15, 0.2) is 42.6 Å². The first-order valence-electron chi connectivity index (χ1n) is 6.51. The highest BCUT2D eigenvalue weighted by atomic mass is 35.5. The maximum atomic E-state index is 11.9. The third-order valence-electron chi connectivity index (χ3n) is 2.91. The van der Waals surface area contributed by atoms with E-state index in [0.29, 0.717) is 18.8 Å². The molecule has 0 aliphatic heterocycles. The molecule has 1 unspecified atom stereocenters. The van der Waals surface area contributed by atoms with Crippen molar-refractivity contribution in [2.45, 2.75) is 25.9 Å². The van der Waals surface area contributed by atoms with Crippen LogP contribution in [0.4, 0.5) is 0 Å². The zero-order chi connectivity index (χ0) is 14.4. The molecule has 0 saturated carbocycles. The van der Waals surface area contributed by atoms with Gasteiger partial charge in [-0.25, -0.2) is 9.97 Å². The van der Waals surface area contributed by atoms with Crippen molar-refractivity contribution in [3.05, 3.63) is 59.7 Å². The van der Waals surface area contributed by atoms with Crippen LogP contribution in [0.25, 0.3) is 0 Å². The van der Waals surface area contributed by atoms with Crippen LogP contribution in [0.1, 0.15) is 17.1 Å². The fourth-order valence-electron chi connectivity index (χ4n) is 1.87. The average Bonchev–Trinajstić information content (AvgIpc) is 2.46. The molecule has 2 rings (SSSR count). The third kappa shape index (κ3) is 5.49. The Labute approximate surface area is 130 Å². The van der Waals surface area contributed by atoms with Crippen LogP contribution in [-0.2, 0) is 17.8 Å². The molecule has 0 saturated heterocycles. The molecule has 2 aromatic rings. The van der Waals surface area contributed by atoms with Crippen molar-refractivity contribution in [3.63, 3.8) is 0 Å². The summed E-state index contributed by atoms with van der Waals surface area (Å²) < 4.78 is 0. The summed E-state index contributed by atoms with van der Waals surface area (Å²) in [6, 6.07) is 10.9. The minimum atomic E-state index is -0.555. The molecule has 112 valence electrons. The predicted octanol–water partition coefficient (Wildman–Crippen LogP) is 1.39. The fourth-order valence-corrected chi connectivity index (χ4v) is 1.87. The number of rotatable bonds is 5. The molecule has 1 amide bonds. The minimum absolute atomic E-state index is 0. The van der Waals surface area contributed by atoms with Crippen molar-refractivity contribution >= 4 is 18.3 Å². The zero-order valence-electron chi connectivity index (χ0n) is 11.8. The topological polar surface area (TPSA) is 80.9 Å². The van der Waals surface area contributed by atoms with E-state index in [2.05, 4.69) is 15.3 Å². The van der Waals surface area contributed by atoms with Crippen LogP contribution in [-0.4, -0.2) is 21.9 Å². The molecule has 0 fully saturated rings. The lowest BCUT2D eigenvalue weighted by Gasteiger charge is -2.12. The molecule has 0 spiro atoms. The number of nitrogens with one attached hydrogen (secondary N) is 1. The Morgan fingerprint density at radius 3 is 2.67 bits per heavy atom. The van der Waals surface area contributed by atoms with Crippen LogP contribution in [0.5, 0.6) is 0 Å². The normalized spacial score (nSPS) is 11.3. The SMILES string of the molecule is Cc1nccc(CNC(=O)C(N)Cc2ccccc2)n1.Cl. The standard InChI is InChI=1S/C15H18N4O.ClH/c1-11-17-8-7-13(19-11)10-18-15(20)14(16)9-12-5-3-2-4-6-12;/h2-8,14H,9-10,16H2,1H3,(H,18,20);1H. The Morgan fingerprint density at radius 1 is 1.29 bits per heavy atom. The van der Waals surface area contributed by atoms with Gasteiger partial charge in [-0.05, 0) is 25.0 Å². The lowest BCUT2D eigenvalue weighted by Crippen LogP contribution is -2.41. The Balaban J connectivity index is 0.00000220. The van der Waals surface area contributed by atoms with E-state index in [4.69, 9.17) is 5.73 Å². The van der Waals surface area contributed by atoms with Gasteiger partial charge in [0.15, 0.2) is 0 Å². The molecular formula is C15H19ClN4O. The molecule has 1 heterocycles. The number of hydrogen-bond donors (Lipinski definition) is 2. The van der Waals surface area contributed by atoms with Gasteiger partial charge in [0.1, 0.15) is 5.82 Å². The summed E-state index contributed by atoms with van der Waals surface area (Å²) in [6.45, 7) is 2.18. The molecule has 21 heavy (non-hydrogen) atoms. The second-order valence-corrected chi connectivity index (χ2v) is 4.61. The highest BCUT2D eigenvalue weighted by molar-refractivity contribution is 5.85. The Hall–Kier alpha value is -1.98. The molecule has 0 radical (unpaired) electrons. The third-order valence-corrected chi connectivity index (χ3v) is 2.91. The number of carbonyl (C=O) groups excluding carboxylic acids is 1. The molecule has 6 heteroatoms. The first-order chi connectivity index (χ1) is 9.65. The van der Waals surface area contributed by atoms with Crippen LogP contribution in [0.3, 0.4) is 0 Å². The maximum absolute atomic E-state index is 11.9. The predicted molar refractivity (Wildman–Crippen MR) is 84.0 cm³/mol. The molecule has 1 atom stereocenters. The summed E-state index contributed by atoms with van der Waals surface area (Å²) in [6.07, 6.45) is 2.20. The summed E-state index contributed by atoms with van der Waals surface area (Å²) in [5.74, 6) is 0.510. The van der Waals surface area contributed by atoms with Gasteiger partial charge < -0.3 is 11.1 Å². The van der Waals surface area contributed by atoms with Crippen molar-refractivity contribution in [2.24, 2.45) is 5.73 Å². The van der Waals surface area contributed by atoms with E-state index >= 15 is 0 Å². The second-order valence-electron chi connectivity index (χ2n) is 4.61. The van der Waals surface area contributed by atoms with Crippen LogP contribution >= 0.6 is 12.4 Å². The number of amides is 1. The molecule has 1 aromatic heterocycles. The molecule has 1 aromatic carbocycles. The number of aryl methyl sites for hydroxylation is 1. The van der Waals surface area contributed by atoms with E-state index in [1.807, 2.05) is 37.3 Å². The van der Waals surface area contributed by atoms with Gasteiger partial charge >= 0.3 is 0 Å². The van der Waals surface area contributed by atoms with Gasteiger partial charge in [-0.1, -0.05) is 30.3 Å².